The molecular weight excluding hydrogens is 250 g/mol. The smallest absolute Gasteiger partial charge is 0.150 e. The van der Waals surface area contributed by atoms with Crippen LogP contribution in [0.3, 0.4) is 0 Å². The maximum absolute atomic E-state index is 11.4. The quantitative estimate of drug-likeness (QED) is 0.791. The van der Waals surface area contributed by atoms with Crippen molar-refractivity contribution in [3.05, 3.63) is 0 Å². The molecule has 1 aliphatic carbocycles. The van der Waals surface area contributed by atoms with E-state index in [-0.39, 0.29) is 11.5 Å². The fraction of sp³-hybridized carbons (Fsp3) is 1.00. The van der Waals surface area contributed by atoms with Crippen LogP contribution in [0.4, 0.5) is 0 Å². The first-order valence-corrected chi connectivity index (χ1v) is 8.86. The zero-order chi connectivity index (χ0) is 13.4. The lowest BCUT2D eigenvalue weighted by Gasteiger charge is -2.23. The molecule has 5 heteroatoms. The van der Waals surface area contributed by atoms with E-state index < -0.39 is 15.4 Å². The third-order valence-electron chi connectivity index (χ3n) is 4.27. The summed E-state index contributed by atoms with van der Waals surface area (Å²) in [4.78, 5) is 2.40. The lowest BCUT2D eigenvalue weighted by Crippen LogP contribution is -2.35. The number of hydrogen-bond donors (Lipinski definition) is 1. The van der Waals surface area contributed by atoms with E-state index in [2.05, 4.69) is 11.8 Å². The van der Waals surface area contributed by atoms with Gasteiger partial charge in [0, 0.05) is 24.4 Å². The monoisotopic (exact) mass is 275 g/mol. The number of likely N-dealkylation sites (tertiary alicyclic amines) is 1. The van der Waals surface area contributed by atoms with Crippen LogP contribution in [-0.2, 0) is 9.84 Å². The van der Waals surface area contributed by atoms with E-state index in [1.165, 1.54) is 12.8 Å². The second-order valence-corrected chi connectivity index (χ2v) is 8.49. The largest absolute Gasteiger partial charge is 0.388 e. The Balaban J connectivity index is 1.82. The molecule has 0 aromatic carbocycles. The molecule has 1 N–H and O–H groups in total. The Labute approximate surface area is 110 Å². The molecule has 1 aliphatic heterocycles. The first-order valence-electron chi connectivity index (χ1n) is 7.04. The SMILES string of the molecule is CCS(=O)(=O)CCCC1(O)CC(C)N(C2CC2)C1. The van der Waals surface area contributed by atoms with E-state index >= 15 is 0 Å². The van der Waals surface area contributed by atoms with Gasteiger partial charge in [-0.25, -0.2) is 8.42 Å². The van der Waals surface area contributed by atoms with Gasteiger partial charge in [0.15, 0.2) is 0 Å². The van der Waals surface area contributed by atoms with Crippen LogP contribution in [0.2, 0.25) is 0 Å². The zero-order valence-corrected chi connectivity index (χ0v) is 12.2. The summed E-state index contributed by atoms with van der Waals surface area (Å²) in [5.41, 5.74) is -0.661. The summed E-state index contributed by atoms with van der Waals surface area (Å²) < 4.78 is 22.9. The second-order valence-electron chi connectivity index (χ2n) is 6.02. The minimum absolute atomic E-state index is 0.204. The average Bonchev–Trinajstić information content (AvgIpc) is 3.05. The topological polar surface area (TPSA) is 57.6 Å². The highest BCUT2D eigenvalue weighted by molar-refractivity contribution is 7.91. The van der Waals surface area contributed by atoms with Gasteiger partial charge in [0.25, 0.3) is 0 Å². The van der Waals surface area contributed by atoms with Gasteiger partial charge in [-0.1, -0.05) is 6.92 Å². The Morgan fingerprint density at radius 1 is 1.39 bits per heavy atom. The number of sulfone groups is 1. The highest BCUT2D eigenvalue weighted by Gasteiger charge is 2.45. The normalized spacial score (nSPS) is 34.1. The van der Waals surface area contributed by atoms with Gasteiger partial charge in [-0.2, -0.15) is 0 Å². The standard InChI is InChI=1S/C13H25NO3S/c1-3-18(16,17)8-4-7-13(15)9-11(2)14(10-13)12-5-6-12/h11-12,15H,3-10H2,1-2H3. The van der Waals surface area contributed by atoms with Crippen LogP contribution in [-0.4, -0.2) is 54.2 Å². The van der Waals surface area contributed by atoms with Crippen molar-refractivity contribution >= 4 is 9.84 Å². The fourth-order valence-electron chi connectivity index (χ4n) is 3.07. The third kappa shape index (κ3) is 3.45. The van der Waals surface area contributed by atoms with E-state index in [9.17, 15) is 13.5 Å². The molecule has 0 amide bonds. The first kappa shape index (κ1) is 14.3. The van der Waals surface area contributed by atoms with Crippen molar-refractivity contribution in [2.24, 2.45) is 0 Å². The van der Waals surface area contributed by atoms with Crippen LogP contribution < -0.4 is 0 Å². The van der Waals surface area contributed by atoms with Gasteiger partial charge < -0.3 is 5.11 Å². The lowest BCUT2D eigenvalue weighted by atomic mass is 9.95. The molecular formula is C13H25NO3S. The van der Waals surface area contributed by atoms with Gasteiger partial charge in [0.1, 0.15) is 9.84 Å². The number of aliphatic hydroxyl groups is 1. The van der Waals surface area contributed by atoms with Crippen molar-refractivity contribution in [2.75, 3.05) is 18.1 Å². The van der Waals surface area contributed by atoms with Gasteiger partial charge in [0.2, 0.25) is 0 Å². The molecule has 1 saturated heterocycles. The lowest BCUT2D eigenvalue weighted by molar-refractivity contribution is 0.0392. The molecule has 0 bridgehead atoms. The second kappa shape index (κ2) is 5.10. The van der Waals surface area contributed by atoms with E-state index in [1.54, 1.807) is 6.92 Å². The van der Waals surface area contributed by atoms with Crippen LogP contribution in [0.15, 0.2) is 0 Å². The van der Waals surface area contributed by atoms with E-state index in [0.717, 1.165) is 13.0 Å². The molecule has 1 heterocycles. The molecule has 4 nitrogen and oxygen atoms in total. The average molecular weight is 275 g/mol. The number of hydrogen-bond acceptors (Lipinski definition) is 4. The molecule has 106 valence electrons. The van der Waals surface area contributed by atoms with E-state index in [1.807, 2.05) is 0 Å². The van der Waals surface area contributed by atoms with E-state index in [4.69, 9.17) is 0 Å². The van der Waals surface area contributed by atoms with Crippen LogP contribution in [0.5, 0.6) is 0 Å². The highest BCUT2D eigenvalue weighted by atomic mass is 32.2. The maximum atomic E-state index is 11.4. The van der Waals surface area contributed by atoms with Crippen molar-refractivity contribution < 1.29 is 13.5 Å². The van der Waals surface area contributed by atoms with Gasteiger partial charge in [-0.05, 0) is 39.0 Å². The molecule has 0 spiro atoms. The summed E-state index contributed by atoms with van der Waals surface area (Å²) >= 11 is 0. The Morgan fingerprint density at radius 3 is 2.61 bits per heavy atom. The number of nitrogens with zero attached hydrogens (tertiary/aromatic N) is 1. The van der Waals surface area contributed by atoms with Crippen LogP contribution in [0, 0.1) is 0 Å². The van der Waals surface area contributed by atoms with Crippen molar-refractivity contribution in [3.8, 4) is 0 Å². The molecule has 2 fully saturated rings. The van der Waals surface area contributed by atoms with Crippen molar-refractivity contribution in [1.29, 1.82) is 0 Å². The molecule has 2 rings (SSSR count). The summed E-state index contributed by atoms with van der Waals surface area (Å²) in [6, 6.07) is 1.11. The summed E-state index contributed by atoms with van der Waals surface area (Å²) in [5, 5.41) is 10.5. The highest BCUT2D eigenvalue weighted by Crippen LogP contribution is 2.38. The summed E-state index contributed by atoms with van der Waals surface area (Å²) in [6.45, 7) is 4.57. The molecule has 18 heavy (non-hydrogen) atoms. The Hall–Kier alpha value is -0.130. The minimum Gasteiger partial charge on any atom is -0.388 e. The molecule has 2 unspecified atom stereocenters. The minimum atomic E-state index is -2.89. The van der Waals surface area contributed by atoms with Crippen molar-refractivity contribution in [1.82, 2.24) is 4.90 Å². The summed E-state index contributed by atoms with van der Waals surface area (Å²) in [5.74, 6) is 0.416. The Morgan fingerprint density at radius 2 is 2.06 bits per heavy atom. The van der Waals surface area contributed by atoms with E-state index in [0.29, 0.717) is 24.9 Å². The van der Waals surface area contributed by atoms with Crippen LogP contribution in [0.1, 0.15) is 46.0 Å². The molecule has 0 aromatic heterocycles. The molecule has 2 atom stereocenters. The predicted molar refractivity (Wildman–Crippen MR) is 72.3 cm³/mol. The summed E-state index contributed by atoms with van der Waals surface area (Å²) in [6.07, 6.45) is 4.49. The molecule has 0 radical (unpaired) electrons. The third-order valence-corrected chi connectivity index (χ3v) is 6.06. The van der Waals surface area contributed by atoms with Crippen LogP contribution in [0.25, 0.3) is 0 Å². The summed E-state index contributed by atoms with van der Waals surface area (Å²) in [7, 11) is -2.89. The van der Waals surface area contributed by atoms with Crippen molar-refractivity contribution in [2.45, 2.75) is 63.6 Å². The van der Waals surface area contributed by atoms with Gasteiger partial charge in [-0.3, -0.25) is 4.90 Å². The van der Waals surface area contributed by atoms with Gasteiger partial charge >= 0.3 is 0 Å². The number of β-amino-alcohol motifs (C(OH)–C–C–N with tert-alkyl or cyclic N) is 1. The van der Waals surface area contributed by atoms with Crippen molar-refractivity contribution in [3.63, 3.8) is 0 Å². The Kier molecular flexibility index (Phi) is 4.04. The maximum Gasteiger partial charge on any atom is 0.150 e. The number of rotatable bonds is 6. The molecule has 1 saturated carbocycles. The predicted octanol–water partition coefficient (Wildman–Crippen LogP) is 1.19. The zero-order valence-electron chi connectivity index (χ0n) is 11.4. The molecule has 2 aliphatic rings. The first-order chi connectivity index (χ1) is 8.35. The Bertz CT molecular complexity index is 391. The van der Waals surface area contributed by atoms with Gasteiger partial charge in [-0.15, -0.1) is 0 Å². The van der Waals surface area contributed by atoms with Crippen LogP contribution >= 0.6 is 0 Å². The van der Waals surface area contributed by atoms with Gasteiger partial charge in [0.05, 0.1) is 11.4 Å². The molecule has 0 aromatic rings. The fourth-order valence-corrected chi connectivity index (χ4v) is 3.94.